The third-order valence-electron chi connectivity index (χ3n) is 3.26. The maximum absolute atomic E-state index is 5.91. The number of hydrogen-bond donors (Lipinski definition) is 0. The topological polar surface area (TPSA) is 6.48 Å². The number of anilines is 2. The minimum Gasteiger partial charge on any atom is -0.328 e. The smallest absolute Gasteiger partial charge is 0.0989 e. The molecule has 0 aliphatic carbocycles. The first-order valence-corrected chi connectivity index (χ1v) is 6.64. The molecule has 1 heterocycles. The second-order valence-corrected chi connectivity index (χ2v) is 5.13. The van der Waals surface area contributed by atoms with Gasteiger partial charge in [-0.25, -0.2) is 0 Å². The molecule has 3 rings (SSSR count). The highest BCUT2D eigenvalue weighted by atomic mass is 35.5. The van der Waals surface area contributed by atoms with Gasteiger partial charge in [0.15, 0.2) is 0 Å². The van der Waals surface area contributed by atoms with E-state index in [0.717, 1.165) is 17.4 Å². The number of aryl methyl sites for hydroxylation is 1. The highest BCUT2D eigenvalue weighted by Crippen LogP contribution is 2.25. The van der Waals surface area contributed by atoms with Gasteiger partial charge in [0.2, 0.25) is 0 Å². The maximum atomic E-state index is 5.91. The molecule has 3 heteroatoms. The number of halogens is 1. The van der Waals surface area contributed by atoms with Crippen molar-refractivity contribution in [3.63, 3.8) is 0 Å². The van der Waals surface area contributed by atoms with Crippen LogP contribution in [0.1, 0.15) is 5.56 Å². The summed E-state index contributed by atoms with van der Waals surface area (Å²) in [6.07, 6.45) is 4.18. The van der Waals surface area contributed by atoms with Crippen molar-refractivity contribution in [1.29, 1.82) is 0 Å². The first-order chi connectivity index (χ1) is 9.22. The van der Waals surface area contributed by atoms with Crippen LogP contribution in [0.4, 0.5) is 11.4 Å². The number of hydrogen-bond acceptors (Lipinski definition) is 2. The van der Waals surface area contributed by atoms with Crippen molar-refractivity contribution in [1.82, 2.24) is 0 Å². The van der Waals surface area contributed by atoms with Gasteiger partial charge in [0, 0.05) is 28.8 Å². The van der Waals surface area contributed by atoms with E-state index in [0.29, 0.717) is 0 Å². The summed E-state index contributed by atoms with van der Waals surface area (Å²) in [6.45, 7) is 2.92. The summed E-state index contributed by atoms with van der Waals surface area (Å²) in [7, 11) is 0. The zero-order valence-electron chi connectivity index (χ0n) is 10.8. The monoisotopic (exact) mass is 270 g/mol. The van der Waals surface area contributed by atoms with Crippen molar-refractivity contribution in [3.8, 4) is 0 Å². The molecule has 0 saturated carbocycles. The quantitative estimate of drug-likeness (QED) is 0.798. The second-order valence-electron chi connectivity index (χ2n) is 4.69. The molecule has 0 bridgehead atoms. The van der Waals surface area contributed by atoms with Crippen molar-refractivity contribution in [3.05, 3.63) is 71.5 Å². The molecule has 0 atom stereocenters. The molecular weight excluding hydrogens is 256 g/mol. The van der Waals surface area contributed by atoms with Crippen LogP contribution < -0.4 is 9.80 Å². The molecule has 2 nitrogen and oxygen atoms in total. The number of nitrogens with zero attached hydrogens (tertiary/aromatic N) is 2. The molecule has 2 aromatic carbocycles. The van der Waals surface area contributed by atoms with Gasteiger partial charge in [0.25, 0.3) is 0 Å². The molecule has 0 spiro atoms. The fourth-order valence-corrected chi connectivity index (χ4v) is 2.25. The summed E-state index contributed by atoms with van der Waals surface area (Å²) >= 11 is 5.91. The Morgan fingerprint density at radius 3 is 1.79 bits per heavy atom. The molecule has 96 valence electrons. The minimum atomic E-state index is 0.766. The lowest BCUT2D eigenvalue weighted by Crippen LogP contribution is -2.24. The third kappa shape index (κ3) is 2.59. The minimum absolute atomic E-state index is 0.766. The molecule has 1 aliphatic heterocycles. The van der Waals surface area contributed by atoms with Crippen molar-refractivity contribution in [2.45, 2.75) is 6.92 Å². The predicted octanol–water partition coefficient (Wildman–Crippen LogP) is 4.40. The van der Waals surface area contributed by atoms with Crippen LogP contribution in [-0.2, 0) is 0 Å². The Labute approximate surface area is 118 Å². The first kappa shape index (κ1) is 12.1. The van der Waals surface area contributed by atoms with E-state index in [4.69, 9.17) is 11.6 Å². The van der Waals surface area contributed by atoms with E-state index in [1.165, 1.54) is 11.3 Å². The number of rotatable bonds is 2. The SMILES string of the molecule is Cc1ccc(N2C=CN(c3ccc(Cl)cc3)C2)cc1. The zero-order chi connectivity index (χ0) is 13.2. The zero-order valence-corrected chi connectivity index (χ0v) is 11.5. The van der Waals surface area contributed by atoms with Gasteiger partial charge in [0.05, 0.1) is 6.67 Å². The number of benzene rings is 2. The Hall–Kier alpha value is -1.93. The van der Waals surface area contributed by atoms with E-state index in [1.54, 1.807) is 0 Å². The van der Waals surface area contributed by atoms with Crippen LogP contribution in [0.25, 0.3) is 0 Å². The summed E-state index contributed by atoms with van der Waals surface area (Å²) in [5, 5.41) is 0.766. The molecule has 2 aromatic rings. The van der Waals surface area contributed by atoms with E-state index in [2.05, 4.69) is 53.4 Å². The van der Waals surface area contributed by atoms with E-state index < -0.39 is 0 Å². The average Bonchev–Trinajstić information content (AvgIpc) is 2.90. The Morgan fingerprint density at radius 1 is 0.789 bits per heavy atom. The average molecular weight is 271 g/mol. The van der Waals surface area contributed by atoms with Gasteiger partial charge >= 0.3 is 0 Å². The van der Waals surface area contributed by atoms with Crippen LogP contribution in [0, 0.1) is 6.92 Å². The predicted molar refractivity (Wildman–Crippen MR) is 81.6 cm³/mol. The summed E-state index contributed by atoms with van der Waals surface area (Å²) in [5.74, 6) is 0. The van der Waals surface area contributed by atoms with Crippen LogP contribution in [0.15, 0.2) is 60.9 Å². The summed E-state index contributed by atoms with van der Waals surface area (Å²) in [6, 6.07) is 16.5. The lowest BCUT2D eigenvalue weighted by atomic mass is 10.2. The van der Waals surface area contributed by atoms with Crippen LogP contribution in [0.3, 0.4) is 0 Å². The van der Waals surface area contributed by atoms with Gasteiger partial charge in [-0.3, -0.25) is 0 Å². The molecule has 0 aromatic heterocycles. The van der Waals surface area contributed by atoms with Crippen LogP contribution in [0.2, 0.25) is 5.02 Å². The largest absolute Gasteiger partial charge is 0.328 e. The van der Waals surface area contributed by atoms with Gasteiger partial charge in [-0.1, -0.05) is 29.3 Å². The highest BCUT2D eigenvalue weighted by Gasteiger charge is 2.14. The highest BCUT2D eigenvalue weighted by molar-refractivity contribution is 6.30. The Kier molecular flexibility index (Phi) is 3.18. The van der Waals surface area contributed by atoms with Crippen molar-refractivity contribution >= 4 is 23.0 Å². The van der Waals surface area contributed by atoms with Gasteiger partial charge in [-0.2, -0.15) is 0 Å². The summed E-state index contributed by atoms with van der Waals surface area (Å²) < 4.78 is 0. The fourth-order valence-electron chi connectivity index (χ4n) is 2.12. The first-order valence-electron chi connectivity index (χ1n) is 6.26. The lowest BCUT2D eigenvalue weighted by molar-refractivity contribution is 0.975. The third-order valence-corrected chi connectivity index (χ3v) is 3.51. The molecule has 0 saturated heterocycles. The molecule has 0 radical (unpaired) electrons. The van der Waals surface area contributed by atoms with E-state index in [9.17, 15) is 0 Å². The Bertz CT molecular complexity index is 534. The van der Waals surface area contributed by atoms with Crippen molar-refractivity contribution in [2.24, 2.45) is 0 Å². The molecule has 19 heavy (non-hydrogen) atoms. The molecular formula is C16H15ClN2. The fraction of sp³-hybridized carbons (Fsp3) is 0.125. The summed E-state index contributed by atoms with van der Waals surface area (Å²) in [4.78, 5) is 4.41. The Balaban J connectivity index is 1.76. The standard InChI is InChI=1S/C16H15ClN2/c1-13-2-6-15(7-3-13)18-10-11-19(12-18)16-8-4-14(17)5-9-16/h2-11H,12H2,1H3. The van der Waals surface area contributed by atoms with E-state index in [-0.39, 0.29) is 0 Å². The van der Waals surface area contributed by atoms with Gasteiger partial charge in [0.1, 0.15) is 0 Å². The van der Waals surface area contributed by atoms with Gasteiger partial charge in [-0.15, -0.1) is 0 Å². The maximum Gasteiger partial charge on any atom is 0.0989 e. The van der Waals surface area contributed by atoms with Crippen LogP contribution >= 0.6 is 11.6 Å². The van der Waals surface area contributed by atoms with Gasteiger partial charge in [-0.05, 0) is 43.3 Å². The second kappa shape index (κ2) is 4.98. The van der Waals surface area contributed by atoms with Crippen LogP contribution in [0.5, 0.6) is 0 Å². The molecule has 0 N–H and O–H groups in total. The normalized spacial score (nSPS) is 14.2. The Morgan fingerprint density at radius 2 is 1.26 bits per heavy atom. The van der Waals surface area contributed by atoms with Crippen LogP contribution in [-0.4, -0.2) is 6.67 Å². The van der Waals surface area contributed by atoms with Crippen molar-refractivity contribution in [2.75, 3.05) is 16.5 Å². The molecule has 0 unspecified atom stereocenters. The molecule has 0 amide bonds. The van der Waals surface area contributed by atoms with E-state index in [1.807, 2.05) is 24.3 Å². The summed E-state index contributed by atoms with van der Waals surface area (Å²) in [5.41, 5.74) is 3.63. The van der Waals surface area contributed by atoms with E-state index >= 15 is 0 Å². The van der Waals surface area contributed by atoms with Crippen molar-refractivity contribution < 1.29 is 0 Å². The van der Waals surface area contributed by atoms with Gasteiger partial charge < -0.3 is 9.80 Å². The lowest BCUT2D eigenvalue weighted by Gasteiger charge is -2.21. The molecule has 0 fully saturated rings. The molecule has 1 aliphatic rings.